The number of benzene rings is 1. The summed E-state index contributed by atoms with van der Waals surface area (Å²) in [5.41, 5.74) is 2.06. The maximum Gasteiger partial charge on any atom is 0.0258 e. The topological polar surface area (TPSA) is 3.24 Å². The van der Waals surface area contributed by atoms with E-state index in [1.165, 1.54) is 25.1 Å². The normalized spacial score (nSPS) is 27.7. The van der Waals surface area contributed by atoms with E-state index in [9.17, 15) is 0 Å². The van der Waals surface area contributed by atoms with Crippen LogP contribution in [0, 0.1) is 11.3 Å². The summed E-state index contributed by atoms with van der Waals surface area (Å²) in [6.45, 7) is 3.64. The first kappa shape index (κ1) is 9.68. The molecule has 1 atom stereocenters. The zero-order chi connectivity index (χ0) is 10.3. The minimum atomic E-state index is 0.635. The summed E-state index contributed by atoms with van der Waals surface area (Å²) >= 11 is 5.89. The van der Waals surface area contributed by atoms with Crippen molar-refractivity contribution in [1.82, 2.24) is 4.90 Å². The lowest BCUT2D eigenvalue weighted by Crippen LogP contribution is -2.48. The Labute approximate surface area is 96.0 Å². The molecule has 1 aromatic rings. The molecule has 1 saturated carbocycles. The summed E-state index contributed by atoms with van der Waals surface area (Å²) in [6, 6.07) is 10.7. The molecule has 1 heterocycles. The Hall–Kier alpha value is -0.530. The van der Waals surface area contributed by atoms with E-state index in [1.54, 1.807) is 0 Å². The molecule has 2 fully saturated rings. The van der Waals surface area contributed by atoms with Crippen molar-refractivity contribution in [3.63, 3.8) is 0 Å². The van der Waals surface area contributed by atoms with Gasteiger partial charge in [0.2, 0.25) is 0 Å². The SMILES string of the molecule is ClCC1CC12CN(Cc1ccccc1)C2. The molecular weight excluding hydrogens is 206 g/mol. The largest absolute Gasteiger partial charge is 0.298 e. The van der Waals surface area contributed by atoms with E-state index in [-0.39, 0.29) is 0 Å². The van der Waals surface area contributed by atoms with Crippen LogP contribution < -0.4 is 0 Å². The standard InChI is InChI=1S/C13H16ClN/c14-7-12-6-13(12)9-15(10-13)8-11-4-2-1-3-5-11/h1-5,12H,6-10H2. The van der Waals surface area contributed by atoms with Gasteiger partial charge in [-0.25, -0.2) is 0 Å². The first-order chi connectivity index (χ1) is 7.32. The molecular formula is C13H16ClN. The molecule has 1 unspecified atom stereocenters. The monoisotopic (exact) mass is 221 g/mol. The Morgan fingerprint density at radius 3 is 2.60 bits per heavy atom. The van der Waals surface area contributed by atoms with Gasteiger partial charge in [-0.05, 0) is 17.9 Å². The van der Waals surface area contributed by atoms with Gasteiger partial charge in [0.1, 0.15) is 0 Å². The molecule has 1 aliphatic heterocycles. The maximum absolute atomic E-state index is 5.89. The highest BCUT2D eigenvalue weighted by Crippen LogP contribution is 2.59. The summed E-state index contributed by atoms with van der Waals surface area (Å²) < 4.78 is 0. The highest BCUT2D eigenvalue weighted by molar-refractivity contribution is 6.18. The second-order valence-corrected chi connectivity index (χ2v) is 5.36. The van der Waals surface area contributed by atoms with Gasteiger partial charge < -0.3 is 0 Å². The van der Waals surface area contributed by atoms with Crippen LogP contribution in [0.25, 0.3) is 0 Å². The van der Waals surface area contributed by atoms with E-state index in [1.807, 2.05) is 0 Å². The zero-order valence-electron chi connectivity index (χ0n) is 8.82. The lowest BCUT2D eigenvalue weighted by atomic mass is 9.93. The van der Waals surface area contributed by atoms with Gasteiger partial charge in [0.15, 0.2) is 0 Å². The Bertz CT molecular complexity index is 343. The van der Waals surface area contributed by atoms with E-state index in [2.05, 4.69) is 35.2 Å². The minimum Gasteiger partial charge on any atom is -0.298 e. The molecule has 2 aliphatic rings. The molecule has 0 amide bonds. The molecule has 15 heavy (non-hydrogen) atoms. The van der Waals surface area contributed by atoms with Gasteiger partial charge in [-0.2, -0.15) is 0 Å². The summed E-state index contributed by atoms with van der Waals surface area (Å²) in [5, 5.41) is 0. The van der Waals surface area contributed by atoms with Gasteiger partial charge in [-0.15, -0.1) is 11.6 Å². The van der Waals surface area contributed by atoms with Gasteiger partial charge in [0.05, 0.1) is 0 Å². The number of rotatable bonds is 3. The molecule has 0 bridgehead atoms. The Morgan fingerprint density at radius 2 is 2.00 bits per heavy atom. The number of alkyl halides is 1. The van der Waals surface area contributed by atoms with Crippen LogP contribution in [0.4, 0.5) is 0 Å². The number of halogens is 1. The summed E-state index contributed by atoms with van der Waals surface area (Å²) in [4.78, 5) is 2.53. The Morgan fingerprint density at radius 1 is 1.27 bits per heavy atom. The third-order valence-electron chi connectivity index (χ3n) is 3.87. The summed E-state index contributed by atoms with van der Waals surface area (Å²) in [7, 11) is 0. The fourth-order valence-electron chi connectivity index (χ4n) is 2.84. The molecule has 1 spiro atoms. The molecule has 1 aliphatic carbocycles. The Balaban J connectivity index is 1.53. The predicted molar refractivity (Wildman–Crippen MR) is 63.0 cm³/mol. The first-order valence-electron chi connectivity index (χ1n) is 5.65. The highest BCUT2D eigenvalue weighted by Gasteiger charge is 2.60. The van der Waals surface area contributed by atoms with Crippen LogP contribution >= 0.6 is 11.6 Å². The van der Waals surface area contributed by atoms with Crippen LogP contribution in [0.15, 0.2) is 30.3 Å². The van der Waals surface area contributed by atoms with Crippen LogP contribution in [-0.2, 0) is 6.54 Å². The molecule has 1 saturated heterocycles. The van der Waals surface area contributed by atoms with Crippen LogP contribution in [0.2, 0.25) is 0 Å². The maximum atomic E-state index is 5.89. The van der Waals surface area contributed by atoms with Crippen molar-refractivity contribution in [2.75, 3.05) is 19.0 Å². The van der Waals surface area contributed by atoms with Crippen molar-refractivity contribution in [2.24, 2.45) is 11.3 Å². The quantitative estimate of drug-likeness (QED) is 0.710. The summed E-state index contributed by atoms with van der Waals surface area (Å²) in [6.07, 6.45) is 1.36. The molecule has 2 heteroatoms. The Kier molecular flexibility index (Phi) is 2.26. The average Bonchev–Trinajstić information content (AvgIpc) is 2.93. The molecule has 80 valence electrons. The summed E-state index contributed by atoms with van der Waals surface area (Å²) in [5.74, 6) is 1.67. The van der Waals surface area contributed by atoms with Crippen molar-refractivity contribution in [2.45, 2.75) is 13.0 Å². The zero-order valence-corrected chi connectivity index (χ0v) is 9.58. The number of hydrogen-bond acceptors (Lipinski definition) is 1. The minimum absolute atomic E-state index is 0.635. The molecule has 0 radical (unpaired) electrons. The van der Waals surface area contributed by atoms with Crippen molar-refractivity contribution in [3.05, 3.63) is 35.9 Å². The van der Waals surface area contributed by atoms with Crippen LogP contribution in [0.1, 0.15) is 12.0 Å². The number of nitrogens with zero attached hydrogens (tertiary/aromatic N) is 1. The van der Waals surface area contributed by atoms with Gasteiger partial charge >= 0.3 is 0 Å². The molecule has 0 N–H and O–H groups in total. The lowest BCUT2D eigenvalue weighted by molar-refractivity contribution is 0.0638. The van der Waals surface area contributed by atoms with Gasteiger partial charge in [-0.1, -0.05) is 30.3 Å². The molecule has 0 aromatic heterocycles. The van der Waals surface area contributed by atoms with E-state index in [0.29, 0.717) is 5.41 Å². The number of hydrogen-bond donors (Lipinski definition) is 0. The van der Waals surface area contributed by atoms with Crippen molar-refractivity contribution in [1.29, 1.82) is 0 Å². The van der Waals surface area contributed by atoms with Crippen molar-refractivity contribution in [3.8, 4) is 0 Å². The van der Waals surface area contributed by atoms with E-state index in [0.717, 1.165) is 18.3 Å². The van der Waals surface area contributed by atoms with E-state index >= 15 is 0 Å². The van der Waals surface area contributed by atoms with Crippen LogP contribution in [0.3, 0.4) is 0 Å². The molecule has 3 rings (SSSR count). The second kappa shape index (κ2) is 3.50. The number of likely N-dealkylation sites (tertiary alicyclic amines) is 1. The third kappa shape index (κ3) is 1.68. The average molecular weight is 222 g/mol. The van der Waals surface area contributed by atoms with Gasteiger partial charge in [-0.3, -0.25) is 4.90 Å². The fraction of sp³-hybridized carbons (Fsp3) is 0.538. The van der Waals surface area contributed by atoms with Gasteiger partial charge in [0.25, 0.3) is 0 Å². The van der Waals surface area contributed by atoms with Crippen LogP contribution in [-0.4, -0.2) is 23.9 Å². The fourth-order valence-corrected chi connectivity index (χ4v) is 3.27. The highest BCUT2D eigenvalue weighted by atomic mass is 35.5. The van der Waals surface area contributed by atoms with E-state index in [4.69, 9.17) is 11.6 Å². The van der Waals surface area contributed by atoms with Crippen molar-refractivity contribution < 1.29 is 0 Å². The van der Waals surface area contributed by atoms with E-state index < -0.39 is 0 Å². The van der Waals surface area contributed by atoms with Crippen LogP contribution in [0.5, 0.6) is 0 Å². The predicted octanol–water partition coefficient (Wildman–Crippen LogP) is 2.75. The first-order valence-corrected chi connectivity index (χ1v) is 6.18. The second-order valence-electron chi connectivity index (χ2n) is 5.05. The smallest absolute Gasteiger partial charge is 0.0258 e. The molecule has 1 aromatic carbocycles. The van der Waals surface area contributed by atoms with Crippen molar-refractivity contribution >= 4 is 11.6 Å². The van der Waals surface area contributed by atoms with Gasteiger partial charge in [0, 0.05) is 30.9 Å². The third-order valence-corrected chi connectivity index (χ3v) is 4.24. The molecule has 1 nitrogen and oxygen atoms in total. The lowest BCUT2D eigenvalue weighted by Gasteiger charge is -2.41.